The van der Waals surface area contributed by atoms with Crippen molar-refractivity contribution in [2.75, 3.05) is 26.9 Å². The van der Waals surface area contributed by atoms with Crippen molar-refractivity contribution in [1.29, 1.82) is 0 Å². The van der Waals surface area contributed by atoms with Gasteiger partial charge in [0.15, 0.2) is 23.9 Å². The Morgan fingerprint density at radius 1 is 1.04 bits per heavy atom. The summed E-state index contributed by atoms with van der Waals surface area (Å²) in [5.74, 6) is 0.535. The molecule has 1 heterocycles. The second kappa shape index (κ2) is 7.44. The van der Waals surface area contributed by atoms with Crippen LogP contribution in [-0.4, -0.2) is 38.7 Å². The Morgan fingerprint density at radius 2 is 1.76 bits per heavy atom. The number of halogens is 1. The molecule has 1 aliphatic rings. The molecule has 1 aliphatic heterocycles. The fraction of sp³-hybridized carbons (Fsp3) is 0.222. The summed E-state index contributed by atoms with van der Waals surface area (Å²) >= 11 is 5.99. The third kappa shape index (κ3) is 3.85. The fourth-order valence-corrected chi connectivity index (χ4v) is 2.57. The predicted molar refractivity (Wildman–Crippen MR) is 90.0 cm³/mol. The molecule has 130 valence electrons. The maximum atomic E-state index is 12.1. The van der Waals surface area contributed by atoms with E-state index in [9.17, 15) is 9.59 Å². The Balaban J connectivity index is 1.64. The molecule has 25 heavy (non-hydrogen) atoms. The molecule has 0 spiro atoms. The smallest absolute Gasteiger partial charge is 0.338 e. The van der Waals surface area contributed by atoms with Gasteiger partial charge < -0.3 is 18.9 Å². The second-order valence-corrected chi connectivity index (χ2v) is 5.61. The molecule has 3 rings (SSSR count). The molecule has 0 saturated heterocycles. The lowest BCUT2D eigenvalue weighted by molar-refractivity contribution is 0.0474. The van der Waals surface area contributed by atoms with Crippen molar-refractivity contribution in [2.24, 2.45) is 0 Å². The number of benzene rings is 2. The topological polar surface area (TPSA) is 71.1 Å². The molecule has 0 bridgehead atoms. The number of carbonyl (C=O) groups excluding carboxylic acids is 2. The van der Waals surface area contributed by atoms with E-state index in [0.717, 1.165) is 0 Å². The monoisotopic (exact) mass is 362 g/mol. The van der Waals surface area contributed by atoms with Crippen LogP contribution in [0.5, 0.6) is 17.2 Å². The van der Waals surface area contributed by atoms with E-state index in [0.29, 0.717) is 41.0 Å². The number of ketones is 1. The van der Waals surface area contributed by atoms with Crippen LogP contribution in [0.25, 0.3) is 0 Å². The zero-order valence-electron chi connectivity index (χ0n) is 13.4. The quantitative estimate of drug-likeness (QED) is 0.601. The summed E-state index contributed by atoms with van der Waals surface area (Å²) in [5.41, 5.74) is 0.616. The van der Waals surface area contributed by atoms with E-state index in [2.05, 4.69) is 0 Å². The van der Waals surface area contributed by atoms with Gasteiger partial charge in [-0.1, -0.05) is 11.6 Å². The minimum Gasteiger partial charge on any atom is -0.495 e. The van der Waals surface area contributed by atoms with E-state index in [1.807, 2.05) is 0 Å². The molecule has 0 aromatic heterocycles. The highest BCUT2D eigenvalue weighted by Gasteiger charge is 2.17. The molecule has 0 atom stereocenters. The van der Waals surface area contributed by atoms with Crippen molar-refractivity contribution >= 4 is 23.4 Å². The summed E-state index contributed by atoms with van der Waals surface area (Å²) < 4.78 is 20.9. The van der Waals surface area contributed by atoms with Gasteiger partial charge in [0.25, 0.3) is 0 Å². The summed E-state index contributed by atoms with van der Waals surface area (Å²) in [5, 5.41) is 0.312. The highest BCUT2D eigenvalue weighted by Crippen LogP contribution is 2.31. The van der Waals surface area contributed by atoms with E-state index in [1.165, 1.54) is 19.2 Å². The molecular formula is C18H15ClO6. The Labute approximate surface area is 149 Å². The van der Waals surface area contributed by atoms with E-state index in [-0.39, 0.29) is 11.3 Å². The summed E-state index contributed by atoms with van der Waals surface area (Å²) in [6.45, 7) is 0.494. The molecule has 0 amide bonds. The largest absolute Gasteiger partial charge is 0.495 e. The van der Waals surface area contributed by atoms with Gasteiger partial charge in [0.05, 0.1) is 17.7 Å². The van der Waals surface area contributed by atoms with Gasteiger partial charge in [-0.05, 0) is 36.4 Å². The zero-order chi connectivity index (χ0) is 17.8. The fourth-order valence-electron chi connectivity index (χ4n) is 2.31. The predicted octanol–water partition coefficient (Wildman–Crippen LogP) is 3.16. The highest BCUT2D eigenvalue weighted by molar-refractivity contribution is 6.32. The lowest BCUT2D eigenvalue weighted by Gasteiger charge is -2.18. The van der Waals surface area contributed by atoms with Crippen molar-refractivity contribution in [2.45, 2.75) is 0 Å². The summed E-state index contributed by atoms with van der Waals surface area (Å²) in [7, 11) is 1.48. The number of rotatable bonds is 5. The molecule has 0 fully saturated rings. The van der Waals surface area contributed by atoms with Gasteiger partial charge in [-0.25, -0.2) is 4.79 Å². The van der Waals surface area contributed by atoms with Crippen LogP contribution in [-0.2, 0) is 4.74 Å². The Bertz CT molecular complexity index is 817. The van der Waals surface area contributed by atoms with Crippen LogP contribution in [0.2, 0.25) is 5.02 Å². The summed E-state index contributed by atoms with van der Waals surface area (Å²) in [6, 6.07) is 9.34. The molecule has 2 aromatic carbocycles. The van der Waals surface area contributed by atoms with Crippen LogP contribution in [0.15, 0.2) is 36.4 Å². The summed E-state index contributed by atoms with van der Waals surface area (Å²) in [6.07, 6.45) is 0. The number of methoxy groups -OCH3 is 1. The third-order valence-corrected chi connectivity index (χ3v) is 3.88. The second-order valence-electron chi connectivity index (χ2n) is 5.21. The Kier molecular flexibility index (Phi) is 5.09. The van der Waals surface area contributed by atoms with Crippen LogP contribution in [0.3, 0.4) is 0 Å². The first-order valence-electron chi connectivity index (χ1n) is 7.52. The number of hydrogen-bond donors (Lipinski definition) is 0. The minimum atomic E-state index is -0.620. The van der Waals surface area contributed by atoms with E-state index in [4.69, 9.17) is 30.5 Å². The number of ether oxygens (including phenoxy) is 4. The number of esters is 1. The molecule has 0 unspecified atom stereocenters. The third-order valence-electron chi connectivity index (χ3n) is 3.59. The van der Waals surface area contributed by atoms with Crippen LogP contribution >= 0.6 is 11.6 Å². The van der Waals surface area contributed by atoms with Gasteiger partial charge in [0, 0.05) is 5.56 Å². The van der Waals surface area contributed by atoms with Crippen molar-refractivity contribution in [1.82, 2.24) is 0 Å². The first kappa shape index (κ1) is 17.1. The van der Waals surface area contributed by atoms with Crippen molar-refractivity contribution in [3.8, 4) is 17.2 Å². The van der Waals surface area contributed by atoms with E-state index < -0.39 is 12.6 Å². The maximum Gasteiger partial charge on any atom is 0.338 e. The van der Waals surface area contributed by atoms with Crippen LogP contribution in [0, 0.1) is 0 Å². The lowest BCUT2D eigenvalue weighted by Crippen LogP contribution is -2.17. The SMILES string of the molecule is COc1ccc(C(=O)COC(=O)c2ccc3c(c2)OCCO3)cc1Cl. The molecule has 0 saturated carbocycles. The number of carbonyl (C=O) groups is 2. The first-order valence-corrected chi connectivity index (χ1v) is 7.90. The molecule has 6 nitrogen and oxygen atoms in total. The van der Waals surface area contributed by atoms with Gasteiger partial charge in [-0.3, -0.25) is 4.79 Å². The van der Waals surface area contributed by atoms with Crippen LogP contribution in [0.1, 0.15) is 20.7 Å². The first-order chi connectivity index (χ1) is 12.1. The van der Waals surface area contributed by atoms with Gasteiger partial charge in [-0.15, -0.1) is 0 Å². The molecule has 2 aromatic rings. The van der Waals surface area contributed by atoms with Gasteiger partial charge in [0.1, 0.15) is 19.0 Å². The molecule has 0 N–H and O–H groups in total. The van der Waals surface area contributed by atoms with Gasteiger partial charge in [-0.2, -0.15) is 0 Å². The average Bonchev–Trinajstić information content (AvgIpc) is 2.65. The van der Waals surface area contributed by atoms with E-state index in [1.54, 1.807) is 24.3 Å². The molecule has 7 heteroatoms. The normalized spacial score (nSPS) is 12.4. The summed E-state index contributed by atoms with van der Waals surface area (Å²) in [4.78, 5) is 24.3. The Morgan fingerprint density at radius 3 is 2.48 bits per heavy atom. The van der Waals surface area contributed by atoms with Crippen molar-refractivity contribution in [3.05, 3.63) is 52.5 Å². The number of fused-ring (bicyclic) bond motifs is 1. The number of hydrogen-bond acceptors (Lipinski definition) is 6. The van der Waals surface area contributed by atoms with Crippen molar-refractivity contribution < 1.29 is 28.5 Å². The molecule has 0 radical (unpaired) electrons. The maximum absolute atomic E-state index is 12.1. The lowest BCUT2D eigenvalue weighted by atomic mass is 10.1. The highest BCUT2D eigenvalue weighted by atomic mass is 35.5. The average molecular weight is 363 g/mol. The minimum absolute atomic E-state index is 0.282. The zero-order valence-corrected chi connectivity index (χ0v) is 14.2. The standard InChI is InChI=1S/C18H15ClO6/c1-22-15-4-2-11(8-13(15)19)14(20)10-25-18(21)12-3-5-16-17(9-12)24-7-6-23-16/h2-5,8-9H,6-7,10H2,1H3. The number of Topliss-reactive ketones (excluding diaryl/α,β-unsaturated/α-hetero) is 1. The van der Waals surface area contributed by atoms with Crippen LogP contribution in [0.4, 0.5) is 0 Å². The molecular weight excluding hydrogens is 348 g/mol. The van der Waals surface area contributed by atoms with Gasteiger partial charge in [0.2, 0.25) is 0 Å². The van der Waals surface area contributed by atoms with Crippen molar-refractivity contribution in [3.63, 3.8) is 0 Å². The molecule has 0 aliphatic carbocycles. The van der Waals surface area contributed by atoms with Crippen LogP contribution < -0.4 is 14.2 Å². The van der Waals surface area contributed by atoms with Gasteiger partial charge >= 0.3 is 5.97 Å². The Hall–Kier alpha value is -2.73. The van der Waals surface area contributed by atoms with E-state index >= 15 is 0 Å².